The number of rotatable bonds is 7. The van der Waals surface area contributed by atoms with Gasteiger partial charge in [-0.1, -0.05) is 23.4 Å². The second-order valence-corrected chi connectivity index (χ2v) is 6.73. The van der Waals surface area contributed by atoms with Gasteiger partial charge in [0.15, 0.2) is 0 Å². The highest BCUT2D eigenvalue weighted by Gasteiger charge is 2.18. The number of hydrogen-bond acceptors (Lipinski definition) is 7. The first-order valence-corrected chi connectivity index (χ1v) is 9.14. The van der Waals surface area contributed by atoms with E-state index in [1.807, 2.05) is 30.3 Å². The number of aromatic nitrogens is 4. The van der Waals surface area contributed by atoms with Gasteiger partial charge in [-0.25, -0.2) is 4.68 Å². The normalized spacial score (nSPS) is 12.0. The van der Waals surface area contributed by atoms with Gasteiger partial charge in [-0.15, -0.1) is 5.10 Å². The van der Waals surface area contributed by atoms with Crippen molar-refractivity contribution in [1.82, 2.24) is 20.0 Å². The van der Waals surface area contributed by atoms with Crippen molar-refractivity contribution in [1.29, 1.82) is 0 Å². The third-order valence-corrected chi connectivity index (χ3v) is 4.56. The zero-order valence-corrected chi connectivity index (χ0v) is 15.8. The number of fused-ring (bicyclic) bond motifs is 1. The molecule has 0 saturated carbocycles. The molecule has 4 aromatic rings. The second-order valence-electron chi connectivity index (χ2n) is 6.73. The Labute approximate surface area is 170 Å². The van der Waals surface area contributed by atoms with Gasteiger partial charge in [-0.05, 0) is 29.7 Å². The van der Waals surface area contributed by atoms with E-state index in [4.69, 9.17) is 10.5 Å². The molecule has 30 heavy (non-hydrogen) atoms. The Morgan fingerprint density at radius 2 is 2.00 bits per heavy atom. The standard InChI is InChI=1S/C20H18N6O4/c21-18(10-14-9-13-3-1-2-4-19(13)22-14)20(27)30-12-15-11-25(24-23-15)16-5-7-17(8-6-16)26(28)29/h1-9,11,18,22H,10,12,21H2/t18-/m0/s1. The van der Waals surface area contributed by atoms with Crippen LogP contribution in [0, 0.1) is 10.1 Å². The van der Waals surface area contributed by atoms with Gasteiger partial charge in [0.25, 0.3) is 5.69 Å². The van der Waals surface area contributed by atoms with Crippen molar-refractivity contribution >= 4 is 22.6 Å². The number of para-hydroxylation sites is 1. The predicted molar refractivity (Wildman–Crippen MR) is 108 cm³/mol. The molecule has 10 nitrogen and oxygen atoms in total. The zero-order valence-electron chi connectivity index (χ0n) is 15.8. The molecule has 0 amide bonds. The molecule has 0 radical (unpaired) electrons. The smallest absolute Gasteiger partial charge is 0.323 e. The summed E-state index contributed by atoms with van der Waals surface area (Å²) in [4.78, 5) is 25.7. The van der Waals surface area contributed by atoms with Crippen molar-refractivity contribution in [3.8, 4) is 5.69 Å². The first-order valence-electron chi connectivity index (χ1n) is 9.14. The van der Waals surface area contributed by atoms with E-state index in [-0.39, 0.29) is 12.3 Å². The molecule has 2 heterocycles. The third kappa shape index (κ3) is 4.18. The number of nitro groups is 1. The number of aromatic amines is 1. The fourth-order valence-corrected chi connectivity index (χ4v) is 3.03. The summed E-state index contributed by atoms with van der Waals surface area (Å²) in [6, 6.07) is 14.8. The summed E-state index contributed by atoms with van der Waals surface area (Å²) in [5.74, 6) is -0.543. The fraction of sp³-hybridized carbons (Fsp3) is 0.150. The number of H-pyrrole nitrogens is 1. The molecule has 2 aromatic carbocycles. The van der Waals surface area contributed by atoms with Crippen molar-refractivity contribution < 1.29 is 14.5 Å². The Morgan fingerprint density at radius 1 is 1.23 bits per heavy atom. The Hall–Kier alpha value is -4.05. The topological polar surface area (TPSA) is 142 Å². The number of esters is 1. The van der Waals surface area contributed by atoms with E-state index in [9.17, 15) is 14.9 Å². The van der Waals surface area contributed by atoms with E-state index in [0.29, 0.717) is 17.8 Å². The SMILES string of the molecule is N[C@@H](Cc1cc2ccccc2[nH]1)C(=O)OCc1cn(-c2ccc([N+](=O)[O-])cc2)nn1. The van der Waals surface area contributed by atoms with Gasteiger partial charge >= 0.3 is 5.97 Å². The number of nitrogens with one attached hydrogen (secondary N) is 1. The van der Waals surface area contributed by atoms with E-state index in [0.717, 1.165) is 16.6 Å². The Morgan fingerprint density at radius 3 is 2.73 bits per heavy atom. The van der Waals surface area contributed by atoms with Crippen LogP contribution in [0.5, 0.6) is 0 Å². The van der Waals surface area contributed by atoms with Crippen LogP contribution in [-0.2, 0) is 22.6 Å². The van der Waals surface area contributed by atoms with Crippen LogP contribution in [0.25, 0.3) is 16.6 Å². The second kappa shape index (κ2) is 8.13. The van der Waals surface area contributed by atoms with Crippen LogP contribution in [0.3, 0.4) is 0 Å². The molecule has 0 saturated heterocycles. The van der Waals surface area contributed by atoms with Crippen LogP contribution in [0.4, 0.5) is 5.69 Å². The van der Waals surface area contributed by atoms with E-state index in [2.05, 4.69) is 15.3 Å². The molecule has 0 spiro atoms. The minimum absolute atomic E-state index is 0.0167. The Kier molecular flexibility index (Phi) is 5.22. The van der Waals surface area contributed by atoms with E-state index in [1.54, 1.807) is 18.3 Å². The highest BCUT2D eigenvalue weighted by atomic mass is 16.6. The average molecular weight is 406 g/mol. The lowest BCUT2D eigenvalue weighted by Crippen LogP contribution is -2.34. The predicted octanol–water partition coefficient (Wildman–Crippen LogP) is 2.27. The lowest BCUT2D eigenvalue weighted by Gasteiger charge is -2.09. The molecule has 0 aliphatic carbocycles. The summed E-state index contributed by atoms with van der Waals surface area (Å²) in [7, 11) is 0. The summed E-state index contributed by atoms with van der Waals surface area (Å²) in [5.41, 5.74) is 8.82. The Balaban J connectivity index is 1.33. The third-order valence-electron chi connectivity index (χ3n) is 4.56. The molecule has 0 unspecified atom stereocenters. The first-order chi connectivity index (χ1) is 14.5. The largest absolute Gasteiger partial charge is 0.458 e. The van der Waals surface area contributed by atoms with Crippen LogP contribution >= 0.6 is 0 Å². The minimum atomic E-state index is -0.817. The summed E-state index contributed by atoms with van der Waals surface area (Å²) < 4.78 is 6.69. The molecule has 1 atom stereocenters. The molecule has 152 valence electrons. The lowest BCUT2D eigenvalue weighted by molar-refractivity contribution is -0.384. The lowest BCUT2D eigenvalue weighted by atomic mass is 10.1. The number of hydrogen-bond donors (Lipinski definition) is 2. The maximum absolute atomic E-state index is 12.2. The van der Waals surface area contributed by atoms with Crippen molar-refractivity contribution in [2.45, 2.75) is 19.1 Å². The molecule has 0 fully saturated rings. The van der Waals surface area contributed by atoms with Crippen LogP contribution in [-0.4, -0.2) is 36.9 Å². The molecule has 3 N–H and O–H groups in total. The van der Waals surface area contributed by atoms with Crippen molar-refractivity contribution in [3.63, 3.8) is 0 Å². The zero-order chi connectivity index (χ0) is 21.1. The van der Waals surface area contributed by atoms with Crippen molar-refractivity contribution in [2.75, 3.05) is 0 Å². The monoisotopic (exact) mass is 406 g/mol. The molecule has 4 rings (SSSR count). The molecule has 0 aliphatic heterocycles. The first kappa shape index (κ1) is 19.3. The highest BCUT2D eigenvalue weighted by molar-refractivity contribution is 5.81. The molecule has 0 aliphatic rings. The number of carbonyl (C=O) groups is 1. The van der Waals surface area contributed by atoms with Crippen LogP contribution in [0.2, 0.25) is 0 Å². The number of carbonyl (C=O) groups excluding carboxylic acids is 1. The van der Waals surface area contributed by atoms with Gasteiger partial charge in [-0.2, -0.15) is 0 Å². The molecule has 10 heteroatoms. The maximum Gasteiger partial charge on any atom is 0.323 e. The van der Waals surface area contributed by atoms with Crippen LogP contribution in [0.15, 0.2) is 60.8 Å². The summed E-state index contributed by atoms with van der Waals surface area (Å²) in [6.07, 6.45) is 1.90. The number of nitrogens with zero attached hydrogens (tertiary/aromatic N) is 4. The van der Waals surface area contributed by atoms with E-state index in [1.165, 1.54) is 16.8 Å². The fourth-order valence-electron chi connectivity index (χ4n) is 3.03. The Bertz CT molecular complexity index is 1160. The molecular weight excluding hydrogens is 388 g/mol. The average Bonchev–Trinajstić information content (AvgIpc) is 3.38. The molecule has 0 bridgehead atoms. The van der Waals surface area contributed by atoms with Crippen molar-refractivity contribution in [2.24, 2.45) is 5.73 Å². The maximum atomic E-state index is 12.2. The number of benzene rings is 2. The molecule has 2 aromatic heterocycles. The number of nitrogens with two attached hydrogens (primary N) is 1. The minimum Gasteiger partial charge on any atom is -0.458 e. The van der Waals surface area contributed by atoms with E-state index < -0.39 is 16.9 Å². The number of ether oxygens (including phenoxy) is 1. The van der Waals surface area contributed by atoms with Gasteiger partial charge in [0.05, 0.1) is 16.8 Å². The van der Waals surface area contributed by atoms with Gasteiger partial charge in [-0.3, -0.25) is 14.9 Å². The van der Waals surface area contributed by atoms with Gasteiger partial charge in [0, 0.05) is 29.8 Å². The number of nitro benzene ring substituents is 1. The van der Waals surface area contributed by atoms with Gasteiger partial charge in [0.2, 0.25) is 0 Å². The van der Waals surface area contributed by atoms with E-state index >= 15 is 0 Å². The highest BCUT2D eigenvalue weighted by Crippen LogP contribution is 2.16. The van der Waals surface area contributed by atoms with Gasteiger partial charge in [0.1, 0.15) is 18.3 Å². The van der Waals surface area contributed by atoms with Crippen LogP contribution < -0.4 is 5.73 Å². The van der Waals surface area contributed by atoms with Crippen LogP contribution in [0.1, 0.15) is 11.4 Å². The number of non-ortho nitro benzene ring substituents is 1. The van der Waals surface area contributed by atoms with Crippen molar-refractivity contribution in [3.05, 3.63) is 82.3 Å². The quantitative estimate of drug-likeness (QED) is 0.272. The summed E-state index contributed by atoms with van der Waals surface area (Å²) in [5, 5.41) is 19.7. The molecular formula is C20H18N6O4. The summed E-state index contributed by atoms with van der Waals surface area (Å²) in [6.45, 7) is -0.0772. The summed E-state index contributed by atoms with van der Waals surface area (Å²) >= 11 is 0. The van der Waals surface area contributed by atoms with Gasteiger partial charge < -0.3 is 15.5 Å².